The summed E-state index contributed by atoms with van der Waals surface area (Å²) in [5, 5.41) is 5.02. The molecule has 0 saturated heterocycles. The normalized spacial score (nSPS) is 10.6. The second-order valence-corrected chi connectivity index (χ2v) is 5.77. The first kappa shape index (κ1) is 13.8. The molecule has 21 heavy (non-hydrogen) atoms. The summed E-state index contributed by atoms with van der Waals surface area (Å²) in [6.07, 6.45) is 3.37. The van der Waals surface area contributed by atoms with Crippen molar-refractivity contribution in [1.82, 2.24) is 4.98 Å². The van der Waals surface area contributed by atoms with Crippen molar-refractivity contribution in [3.05, 3.63) is 70.5 Å². The Labute approximate surface area is 131 Å². The summed E-state index contributed by atoms with van der Waals surface area (Å²) in [5.41, 5.74) is 2.36. The zero-order valence-electron chi connectivity index (χ0n) is 11.4. The highest BCUT2D eigenvalue weighted by Crippen LogP contribution is 2.21. The molecule has 3 nitrogen and oxygen atoms in total. The molecule has 2 aromatic carbocycles. The summed E-state index contributed by atoms with van der Waals surface area (Å²) in [6, 6.07) is 13.5. The van der Waals surface area contributed by atoms with Crippen LogP contribution in [0.2, 0.25) is 0 Å². The van der Waals surface area contributed by atoms with E-state index in [4.69, 9.17) is 0 Å². The first-order valence-corrected chi connectivity index (χ1v) is 7.34. The van der Waals surface area contributed by atoms with E-state index < -0.39 is 0 Å². The third kappa shape index (κ3) is 2.95. The number of rotatable bonds is 2. The Morgan fingerprint density at radius 1 is 1.10 bits per heavy atom. The van der Waals surface area contributed by atoms with Gasteiger partial charge in [0.05, 0.1) is 11.9 Å². The van der Waals surface area contributed by atoms with E-state index in [1.165, 1.54) is 0 Å². The van der Waals surface area contributed by atoms with Gasteiger partial charge in [0.1, 0.15) is 0 Å². The molecule has 0 atom stereocenters. The van der Waals surface area contributed by atoms with E-state index in [1.54, 1.807) is 12.4 Å². The average molecular weight is 341 g/mol. The summed E-state index contributed by atoms with van der Waals surface area (Å²) in [4.78, 5) is 16.4. The van der Waals surface area contributed by atoms with Crippen LogP contribution in [0, 0.1) is 6.92 Å². The molecule has 104 valence electrons. The molecule has 0 unspecified atom stereocenters. The lowest BCUT2D eigenvalue weighted by Crippen LogP contribution is -2.12. The molecule has 0 radical (unpaired) electrons. The van der Waals surface area contributed by atoms with E-state index in [-0.39, 0.29) is 5.91 Å². The fourth-order valence-electron chi connectivity index (χ4n) is 2.15. The van der Waals surface area contributed by atoms with Gasteiger partial charge in [-0.05, 0) is 53.6 Å². The molecule has 0 aliphatic rings. The molecule has 1 aromatic heterocycles. The molecule has 1 N–H and O–H groups in total. The monoisotopic (exact) mass is 340 g/mol. The van der Waals surface area contributed by atoms with Crippen molar-refractivity contribution in [2.45, 2.75) is 6.92 Å². The molecule has 3 aromatic rings. The molecule has 3 rings (SSSR count). The van der Waals surface area contributed by atoms with Crippen molar-refractivity contribution in [3.63, 3.8) is 0 Å². The maximum Gasteiger partial charge on any atom is 0.255 e. The van der Waals surface area contributed by atoms with Crippen LogP contribution in [0.3, 0.4) is 0 Å². The number of pyridine rings is 1. The van der Waals surface area contributed by atoms with Crippen molar-refractivity contribution in [3.8, 4) is 0 Å². The number of nitrogens with zero attached hydrogens (tertiary/aromatic N) is 1. The van der Waals surface area contributed by atoms with Crippen LogP contribution < -0.4 is 5.32 Å². The van der Waals surface area contributed by atoms with Crippen LogP contribution in [0.1, 0.15) is 15.9 Å². The zero-order chi connectivity index (χ0) is 14.8. The lowest BCUT2D eigenvalue weighted by atomic mass is 10.1. The van der Waals surface area contributed by atoms with Crippen molar-refractivity contribution in [2.75, 3.05) is 5.32 Å². The number of carbonyl (C=O) groups excluding carboxylic acids is 1. The molecule has 0 aliphatic carbocycles. The number of aromatic nitrogens is 1. The number of fused-ring (bicyclic) bond motifs is 1. The quantitative estimate of drug-likeness (QED) is 0.743. The van der Waals surface area contributed by atoms with Crippen molar-refractivity contribution >= 4 is 38.3 Å². The summed E-state index contributed by atoms with van der Waals surface area (Å²) in [7, 11) is 0. The molecule has 0 fully saturated rings. The van der Waals surface area contributed by atoms with Crippen LogP contribution in [0.15, 0.2) is 59.3 Å². The molecule has 0 aliphatic heterocycles. The van der Waals surface area contributed by atoms with E-state index >= 15 is 0 Å². The van der Waals surface area contributed by atoms with E-state index in [9.17, 15) is 4.79 Å². The first-order chi connectivity index (χ1) is 10.1. The number of nitrogens with one attached hydrogen (secondary N) is 1. The fourth-order valence-corrected chi connectivity index (χ4v) is 2.53. The summed E-state index contributed by atoms with van der Waals surface area (Å²) >= 11 is 3.45. The van der Waals surface area contributed by atoms with E-state index in [2.05, 4.69) is 26.2 Å². The first-order valence-electron chi connectivity index (χ1n) is 6.55. The zero-order valence-corrected chi connectivity index (χ0v) is 13.0. The Morgan fingerprint density at radius 2 is 1.86 bits per heavy atom. The molecule has 0 bridgehead atoms. The maximum atomic E-state index is 12.3. The maximum absolute atomic E-state index is 12.3. The van der Waals surface area contributed by atoms with Gasteiger partial charge in [-0.2, -0.15) is 0 Å². The molecule has 0 saturated carbocycles. The largest absolute Gasteiger partial charge is 0.320 e. The van der Waals surface area contributed by atoms with Gasteiger partial charge in [0.2, 0.25) is 0 Å². The predicted molar refractivity (Wildman–Crippen MR) is 88.6 cm³/mol. The van der Waals surface area contributed by atoms with Crippen molar-refractivity contribution < 1.29 is 4.79 Å². The highest BCUT2D eigenvalue weighted by atomic mass is 79.9. The molecule has 1 amide bonds. The third-order valence-corrected chi connectivity index (χ3v) is 3.85. The summed E-state index contributed by atoms with van der Waals surface area (Å²) in [6.45, 7) is 1.94. The lowest BCUT2D eigenvalue weighted by Gasteiger charge is -2.08. The number of hydrogen-bond donors (Lipinski definition) is 1. The van der Waals surface area contributed by atoms with Crippen LogP contribution in [-0.2, 0) is 0 Å². The highest BCUT2D eigenvalue weighted by Gasteiger charge is 2.08. The lowest BCUT2D eigenvalue weighted by molar-refractivity contribution is 0.102. The van der Waals surface area contributed by atoms with Gasteiger partial charge in [-0.25, -0.2) is 0 Å². The van der Waals surface area contributed by atoms with Crippen LogP contribution in [0.25, 0.3) is 10.8 Å². The van der Waals surface area contributed by atoms with Crippen molar-refractivity contribution in [2.24, 2.45) is 0 Å². The van der Waals surface area contributed by atoms with Gasteiger partial charge in [-0.15, -0.1) is 0 Å². The second kappa shape index (κ2) is 5.66. The van der Waals surface area contributed by atoms with Crippen LogP contribution in [0.5, 0.6) is 0 Å². The van der Waals surface area contributed by atoms with Crippen LogP contribution >= 0.6 is 15.9 Å². The van der Waals surface area contributed by atoms with Crippen molar-refractivity contribution in [1.29, 1.82) is 0 Å². The van der Waals surface area contributed by atoms with Gasteiger partial charge in [-0.1, -0.05) is 28.1 Å². The standard InChI is InChI=1S/C17H13BrN2O/c1-11-6-7-19-10-16(11)20-17(21)14-3-2-13-9-15(18)5-4-12(13)8-14/h2-10H,1H3,(H,20,21). The van der Waals surface area contributed by atoms with Gasteiger partial charge in [-0.3, -0.25) is 9.78 Å². The van der Waals surface area contributed by atoms with Gasteiger partial charge < -0.3 is 5.32 Å². The SMILES string of the molecule is Cc1ccncc1NC(=O)c1ccc2cc(Br)ccc2c1. The summed E-state index contributed by atoms with van der Waals surface area (Å²) < 4.78 is 1.03. The number of carbonyl (C=O) groups is 1. The minimum absolute atomic E-state index is 0.129. The van der Waals surface area contributed by atoms with Gasteiger partial charge >= 0.3 is 0 Å². The molecule has 1 heterocycles. The topological polar surface area (TPSA) is 42.0 Å². The van der Waals surface area contributed by atoms with E-state index in [0.29, 0.717) is 5.56 Å². The minimum atomic E-state index is -0.129. The van der Waals surface area contributed by atoms with Gasteiger partial charge in [0, 0.05) is 16.2 Å². The number of aryl methyl sites for hydroxylation is 1. The Morgan fingerprint density at radius 3 is 2.67 bits per heavy atom. The molecular weight excluding hydrogens is 328 g/mol. The Balaban J connectivity index is 1.91. The minimum Gasteiger partial charge on any atom is -0.320 e. The molecular formula is C17H13BrN2O. The van der Waals surface area contributed by atoms with E-state index in [1.807, 2.05) is 49.4 Å². The molecule has 4 heteroatoms. The fraction of sp³-hybridized carbons (Fsp3) is 0.0588. The van der Waals surface area contributed by atoms with Crippen LogP contribution in [-0.4, -0.2) is 10.9 Å². The predicted octanol–water partition coefficient (Wildman–Crippen LogP) is 4.56. The number of halogens is 1. The number of benzene rings is 2. The summed E-state index contributed by atoms with van der Waals surface area (Å²) in [5.74, 6) is -0.129. The number of hydrogen-bond acceptors (Lipinski definition) is 2. The Bertz CT molecular complexity index is 830. The second-order valence-electron chi connectivity index (χ2n) is 4.85. The number of amides is 1. The Kier molecular flexibility index (Phi) is 3.71. The Hall–Kier alpha value is -2.20. The highest BCUT2D eigenvalue weighted by molar-refractivity contribution is 9.10. The van der Waals surface area contributed by atoms with Gasteiger partial charge in [0.15, 0.2) is 0 Å². The van der Waals surface area contributed by atoms with Gasteiger partial charge in [0.25, 0.3) is 5.91 Å². The van der Waals surface area contributed by atoms with Crippen LogP contribution in [0.4, 0.5) is 5.69 Å². The third-order valence-electron chi connectivity index (χ3n) is 3.35. The van der Waals surface area contributed by atoms with E-state index in [0.717, 1.165) is 26.5 Å². The molecule has 0 spiro atoms. The average Bonchev–Trinajstić information content (AvgIpc) is 2.49. The smallest absolute Gasteiger partial charge is 0.255 e. The number of anilines is 1.